The number of piperidine rings is 1. The number of likely N-dealkylation sites (N-methyl/N-ethyl adjacent to an activating group) is 1. The van der Waals surface area contributed by atoms with Gasteiger partial charge in [0.15, 0.2) is 0 Å². The van der Waals surface area contributed by atoms with Crippen molar-refractivity contribution in [2.24, 2.45) is 5.92 Å². The fourth-order valence-electron chi connectivity index (χ4n) is 2.66. The minimum Gasteiger partial charge on any atom is -0.480 e. The van der Waals surface area contributed by atoms with Crippen molar-refractivity contribution in [3.8, 4) is 0 Å². The van der Waals surface area contributed by atoms with E-state index in [1.807, 2.05) is 6.07 Å². The smallest absolute Gasteiger partial charge is 0.320 e. The molecule has 2 atom stereocenters. The molecule has 0 spiro atoms. The summed E-state index contributed by atoms with van der Waals surface area (Å²) in [6.45, 7) is 3.24. The lowest BCUT2D eigenvalue weighted by molar-refractivity contribution is -0.147. The number of carbonyl (C=O) groups is 2. The van der Waals surface area contributed by atoms with E-state index in [0.717, 1.165) is 6.42 Å². The Kier molecular flexibility index (Phi) is 5.01. The molecule has 1 aromatic heterocycles. The van der Waals surface area contributed by atoms with E-state index in [1.54, 1.807) is 29.2 Å². The van der Waals surface area contributed by atoms with Crippen molar-refractivity contribution >= 4 is 11.9 Å². The first-order valence-corrected chi connectivity index (χ1v) is 7.20. The molecule has 2 rings (SSSR count). The number of furan rings is 1. The zero-order valence-corrected chi connectivity index (χ0v) is 12.5. The molecule has 1 saturated heterocycles. The first kappa shape index (κ1) is 15.6. The monoisotopic (exact) mass is 294 g/mol. The highest BCUT2D eigenvalue weighted by Crippen LogP contribution is 2.22. The Bertz CT molecular complexity index is 486. The molecule has 1 fully saturated rings. The number of nitrogens with zero attached hydrogens (tertiary/aromatic N) is 2. The van der Waals surface area contributed by atoms with E-state index in [1.165, 1.54) is 0 Å². The van der Waals surface area contributed by atoms with Crippen LogP contribution in [0.5, 0.6) is 0 Å². The highest BCUT2D eigenvalue weighted by Gasteiger charge is 2.33. The normalized spacial score (nSPS) is 23.0. The third kappa shape index (κ3) is 4.07. The van der Waals surface area contributed by atoms with E-state index < -0.39 is 12.0 Å². The quantitative estimate of drug-likeness (QED) is 0.889. The Morgan fingerprint density at radius 2 is 2.29 bits per heavy atom. The molecule has 1 N–H and O–H groups in total. The molecule has 1 amide bonds. The molecule has 116 valence electrons. The number of amides is 1. The van der Waals surface area contributed by atoms with E-state index in [4.69, 9.17) is 4.42 Å². The van der Waals surface area contributed by atoms with Gasteiger partial charge >= 0.3 is 5.97 Å². The molecule has 6 heteroatoms. The van der Waals surface area contributed by atoms with Gasteiger partial charge in [-0.15, -0.1) is 0 Å². The van der Waals surface area contributed by atoms with Crippen LogP contribution in [0.25, 0.3) is 0 Å². The Hall–Kier alpha value is -1.82. The van der Waals surface area contributed by atoms with Crippen molar-refractivity contribution in [3.63, 3.8) is 0 Å². The van der Waals surface area contributed by atoms with Crippen molar-refractivity contribution in [2.45, 2.75) is 32.4 Å². The predicted octanol–water partition coefficient (Wildman–Crippen LogP) is 1.42. The summed E-state index contributed by atoms with van der Waals surface area (Å²) in [5.74, 6) is 0.168. The number of likely N-dealkylation sites (tertiary alicyclic amines) is 1. The molecule has 1 aliphatic heterocycles. The number of hydrogen-bond acceptors (Lipinski definition) is 4. The summed E-state index contributed by atoms with van der Waals surface area (Å²) in [5, 5.41) is 9.30. The average molecular weight is 294 g/mol. The van der Waals surface area contributed by atoms with E-state index in [0.29, 0.717) is 31.2 Å². The van der Waals surface area contributed by atoms with Gasteiger partial charge in [0.25, 0.3) is 0 Å². The maximum Gasteiger partial charge on any atom is 0.320 e. The van der Waals surface area contributed by atoms with Crippen molar-refractivity contribution in [1.82, 2.24) is 9.80 Å². The van der Waals surface area contributed by atoms with Crippen molar-refractivity contribution in [2.75, 3.05) is 20.1 Å². The SMILES string of the molecule is CC1CCN(CC(=O)N(C)Cc2ccco2)C(C(=O)O)C1. The maximum atomic E-state index is 12.2. The first-order chi connectivity index (χ1) is 9.97. The minimum atomic E-state index is -0.844. The molecule has 2 heterocycles. The predicted molar refractivity (Wildman–Crippen MR) is 76.6 cm³/mol. The number of aliphatic carboxylic acids is 1. The summed E-state index contributed by atoms with van der Waals surface area (Å²) in [6, 6.07) is 3.03. The molecule has 2 unspecified atom stereocenters. The molecule has 6 nitrogen and oxygen atoms in total. The van der Waals surface area contributed by atoms with Crippen LogP contribution in [0.15, 0.2) is 22.8 Å². The number of carboxylic acid groups (broad SMARTS) is 1. The number of carboxylic acids is 1. The second-order valence-electron chi connectivity index (χ2n) is 5.78. The van der Waals surface area contributed by atoms with E-state index >= 15 is 0 Å². The molecule has 0 radical (unpaired) electrons. The Balaban J connectivity index is 1.92. The Labute approximate surface area is 124 Å². The van der Waals surface area contributed by atoms with Crippen LogP contribution in [0, 0.1) is 5.92 Å². The Morgan fingerprint density at radius 1 is 1.52 bits per heavy atom. The molecule has 1 aliphatic rings. The van der Waals surface area contributed by atoms with E-state index in [2.05, 4.69) is 6.92 Å². The molecule has 1 aromatic rings. The van der Waals surface area contributed by atoms with Gasteiger partial charge in [0.05, 0.1) is 19.4 Å². The lowest BCUT2D eigenvalue weighted by atomic mass is 9.92. The maximum absolute atomic E-state index is 12.2. The lowest BCUT2D eigenvalue weighted by Gasteiger charge is -2.36. The van der Waals surface area contributed by atoms with Crippen LogP contribution in [-0.2, 0) is 16.1 Å². The van der Waals surface area contributed by atoms with Gasteiger partial charge in [-0.1, -0.05) is 6.92 Å². The molecular formula is C15H22N2O4. The zero-order valence-electron chi connectivity index (χ0n) is 12.5. The summed E-state index contributed by atoms with van der Waals surface area (Å²) < 4.78 is 5.22. The Morgan fingerprint density at radius 3 is 2.90 bits per heavy atom. The van der Waals surface area contributed by atoms with Crippen LogP contribution in [0.4, 0.5) is 0 Å². The molecule has 0 aliphatic carbocycles. The van der Waals surface area contributed by atoms with Gasteiger partial charge in [-0.05, 0) is 37.4 Å². The highest BCUT2D eigenvalue weighted by atomic mass is 16.4. The van der Waals surface area contributed by atoms with Crippen LogP contribution in [0.1, 0.15) is 25.5 Å². The van der Waals surface area contributed by atoms with Crippen LogP contribution >= 0.6 is 0 Å². The molecular weight excluding hydrogens is 272 g/mol. The summed E-state index contributed by atoms with van der Waals surface area (Å²) in [5.41, 5.74) is 0. The van der Waals surface area contributed by atoms with Crippen LogP contribution in [-0.4, -0.2) is 53.0 Å². The lowest BCUT2D eigenvalue weighted by Crippen LogP contribution is -2.50. The van der Waals surface area contributed by atoms with Gasteiger partial charge in [-0.3, -0.25) is 14.5 Å². The molecule has 0 saturated carbocycles. The van der Waals surface area contributed by atoms with Gasteiger partial charge < -0.3 is 14.4 Å². The standard InChI is InChI=1S/C15H22N2O4/c1-11-5-6-17(13(8-11)15(19)20)10-14(18)16(2)9-12-4-3-7-21-12/h3-4,7,11,13H,5-6,8-10H2,1-2H3,(H,19,20). The second kappa shape index (κ2) is 6.76. The summed E-state index contributed by atoms with van der Waals surface area (Å²) in [6.07, 6.45) is 3.10. The summed E-state index contributed by atoms with van der Waals surface area (Å²) in [7, 11) is 1.70. The fourth-order valence-corrected chi connectivity index (χ4v) is 2.66. The zero-order chi connectivity index (χ0) is 15.4. The van der Waals surface area contributed by atoms with Gasteiger partial charge in [0.1, 0.15) is 11.8 Å². The van der Waals surface area contributed by atoms with Crippen molar-refractivity contribution in [3.05, 3.63) is 24.2 Å². The van der Waals surface area contributed by atoms with Gasteiger partial charge in [-0.2, -0.15) is 0 Å². The second-order valence-corrected chi connectivity index (χ2v) is 5.78. The third-order valence-corrected chi connectivity index (χ3v) is 4.00. The molecule has 0 aromatic carbocycles. The average Bonchev–Trinajstić information content (AvgIpc) is 2.93. The van der Waals surface area contributed by atoms with Gasteiger partial charge in [-0.25, -0.2) is 0 Å². The number of carbonyl (C=O) groups excluding carboxylic acids is 1. The largest absolute Gasteiger partial charge is 0.480 e. The van der Waals surface area contributed by atoms with E-state index in [9.17, 15) is 14.7 Å². The summed E-state index contributed by atoms with van der Waals surface area (Å²) >= 11 is 0. The van der Waals surface area contributed by atoms with Gasteiger partial charge in [0.2, 0.25) is 5.91 Å². The fraction of sp³-hybridized carbons (Fsp3) is 0.600. The van der Waals surface area contributed by atoms with E-state index in [-0.39, 0.29) is 12.5 Å². The minimum absolute atomic E-state index is 0.0906. The van der Waals surface area contributed by atoms with Crippen LogP contribution < -0.4 is 0 Å². The third-order valence-electron chi connectivity index (χ3n) is 4.00. The highest BCUT2D eigenvalue weighted by molar-refractivity contribution is 5.80. The van der Waals surface area contributed by atoms with Gasteiger partial charge in [0, 0.05) is 7.05 Å². The topological polar surface area (TPSA) is 74.0 Å². The number of rotatable bonds is 5. The first-order valence-electron chi connectivity index (χ1n) is 7.20. The van der Waals surface area contributed by atoms with Crippen molar-refractivity contribution in [1.29, 1.82) is 0 Å². The van der Waals surface area contributed by atoms with Crippen molar-refractivity contribution < 1.29 is 19.1 Å². The molecule has 21 heavy (non-hydrogen) atoms. The molecule has 0 bridgehead atoms. The van der Waals surface area contributed by atoms with Crippen LogP contribution in [0.3, 0.4) is 0 Å². The number of hydrogen-bond donors (Lipinski definition) is 1. The van der Waals surface area contributed by atoms with Crippen LogP contribution in [0.2, 0.25) is 0 Å². The summed E-state index contributed by atoms with van der Waals surface area (Å²) in [4.78, 5) is 26.9.